The Morgan fingerprint density at radius 3 is 2.62 bits per heavy atom. The average molecular weight is 386 g/mol. The van der Waals surface area contributed by atoms with Gasteiger partial charge in [0, 0.05) is 15.4 Å². The van der Waals surface area contributed by atoms with Crippen LogP contribution in [0.15, 0.2) is 46.9 Å². The summed E-state index contributed by atoms with van der Waals surface area (Å²) >= 11 is 3.37. The predicted octanol–water partition coefficient (Wildman–Crippen LogP) is 4.13. The molecule has 0 saturated carbocycles. The number of hydrogen-bond donors (Lipinski definition) is 1. The number of carbonyl (C=O) groups is 1. The number of hydrogen-bond acceptors (Lipinski definition) is 4. The van der Waals surface area contributed by atoms with Gasteiger partial charge in [0.05, 0.1) is 16.8 Å². The van der Waals surface area contributed by atoms with Gasteiger partial charge in [-0.25, -0.2) is 9.78 Å². The van der Waals surface area contributed by atoms with Gasteiger partial charge >= 0.3 is 5.97 Å². The van der Waals surface area contributed by atoms with Gasteiger partial charge in [0.25, 0.3) is 0 Å². The molecule has 0 atom stereocenters. The fourth-order valence-corrected chi connectivity index (χ4v) is 3.09. The Hall–Kier alpha value is -2.60. The van der Waals surface area contributed by atoms with E-state index in [0.717, 1.165) is 10.0 Å². The van der Waals surface area contributed by atoms with Crippen LogP contribution in [0.2, 0.25) is 0 Å². The normalized spacial score (nSPS) is 13.0. The zero-order valence-corrected chi connectivity index (χ0v) is 14.0. The SMILES string of the molecule is O=C(O)c1cc(-c2ccc3c(c2)OCCO3)nc2ccc(Br)cc12. The minimum atomic E-state index is -0.987. The van der Waals surface area contributed by atoms with E-state index in [-0.39, 0.29) is 5.56 Å². The van der Waals surface area contributed by atoms with Crippen molar-refractivity contribution >= 4 is 32.8 Å². The van der Waals surface area contributed by atoms with Crippen LogP contribution in [0, 0.1) is 0 Å². The van der Waals surface area contributed by atoms with E-state index in [0.29, 0.717) is 41.3 Å². The van der Waals surface area contributed by atoms with E-state index >= 15 is 0 Å². The standard InChI is InChI=1S/C18H12BrNO4/c19-11-2-3-14-12(8-11)13(18(21)22)9-15(20-14)10-1-4-16-17(7-10)24-6-5-23-16/h1-4,7-9H,5-6H2,(H,21,22). The number of nitrogens with zero attached hydrogens (tertiary/aromatic N) is 1. The number of aromatic nitrogens is 1. The first-order valence-electron chi connectivity index (χ1n) is 7.35. The van der Waals surface area contributed by atoms with E-state index in [1.807, 2.05) is 24.3 Å². The highest BCUT2D eigenvalue weighted by Gasteiger charge is 2.16. The van der Waals surface area contributed by atoms with Crippen LogP contribution in [0.3, 0.4) is 0 Å². The number of rotatable bonds is 2. The summed E-state index contributed by atoms with van der Waals surface area (Å²) in [6.45, 7) is 1.02. The first-order valence-corrected chi connectivity index (χ1v) is 8.15. The van der Waals surface area contributed by atoms with Gasteiger partial charge in [-0.3, -0.25) is 0 Å². The van der Waals surface area contributed by atoms with Crippen molar-refractivity contribution in [3.8, 4) is 22.8 Å². The highest BCUT2D eigenvalue weighted by atomic mass is 79.9. The Labute approximate surface area is 146 Å². The molecule has 1 aliphatic rings. The number of halogens is 1. The second-order valence-electron chi connectivity index (χ2n) is 5.38. The molecular formula is C18H12BrNO4. The molecule has 0 amide bonds. The molecule has 3 aromatic rings. The Kier molecular flexibility index (Phi) is 3.61. The molecule has 0 aliphatic carbocycles. The Balaban J connectivity index is 1.91. The fraction of sp³-hybridized carbons (Fsp3) is 0.111. The highest BCUT2D eigenvalue weighted by molar-refractivity contribution is 9.10. The van der Waals surface area contributed by atoms with Crippen molar-refractivity contribution in [2.45, 2.75) is 0 Å². The molecule has 6 heteroatoms. The molecule has 1 aliphatic heterocycles. The molecule has 0 spiro atoms. The molecule has 1 aromatic heterocycles. The first kappa shape index (κ1) is 15.0. The third-order valence-corrected chi connectivity index (χ3v) is 4.33. The van der Waals surface area contributed by atoms with Gasteiger partial charge in [-0.1, -0.05) is 15.9 Å². The summed E-state index contributed by atoms with van der Waals surface area (Å²) in [5.74, 6) is 0.348. The largest absolute Gasteiger partial charge is 0.486 e. The molecule has 4 rings (SSSR count). The van der Waals surface area contributed by atoms with Gasteiger partial charge in [-0.2, -0.15) is 0 Å². The van der Waals surface area contributed by atoms with Gasteiger partial charge in [-0.05, 0) is 42.5 Å². The minimum absolute atomic E-state index is 0.214. The smallest absolute Gasteiger partial charge is 0.336 e. The van der Waals surface area contributed by atoms with Crippen LogP contribution >= 0.6 is 15.9 Å². The van der Waals surface area contributed by atoms with Gasteiger partial charge in [0.2, 0.25) is 0 Å². The molecule has 5 nitrogen and oxygen atoms in total. The van der Waals surface area contributed by atoms with Crippen molar-refractivity contribution in [1.29, 1.82) is 0 Å². The Bertz CT molecular complexity index is 971. The van der Waals surface area contributed by atoms with Crippen LogP contribution in [0.25, 0.3) is 22.2 Å². The topological polar surface area (TPSA) is 68.7 Å². The molecule has 0 saturated heterocycles. The van der Waals surface area contributed by atoms with E-state index in [9.17, 15) is 9.90 Å². The highest BCUT2D eigenvalue weighted by Crippen LogP contribution is 2.35. The zero-order valence-electron chi connectivity index (χ0n) is 12.5. The quantitative estimate of drug-likeness (QED) is 0.717. The van der Waals surface area contributed by atoms with Crippen molar-refractivity contribution in [1.82, 2.24) is 4.98 Å². The van der Waals surface area contributed by atoms with Gasteiger partial charge in [-0.15, -0.1) is 0 Å². The lowest BCUT2D eigenvalue weighted by Gasteiger charge is -2.19. The molecule has 0 unspecified atom stereocenters. The van der Waals surface area contributed by atoms with E-state index in [1.165, 1.54) is 0 Å². The van der Waals surface area contributed by atoms with E-state index < -0.39 is 5.97 Å². The molecule has 1 N–H and O–H groups in total. The lowest BCUT2D eigenvalue weighted by atomic mass is 10.0. The maximum Gasteiger partial charge on any atom is 0.336 e. The van der Waals surface area contributed by atoms with E-state index in [4.69, 9.17) is 9.47 Å². The van der Waals surface area contributed by atoms with Gasteiger partial charge in [0.1, 0.15) is 13.2 Å². The average Bonchev–Trinajstić information content (AvgIpc) is 2.60. The number of ether oxygens (including phenoxy) is 2. The summed E-state index contributed by atoms with van der Waals surface area (Å²) in [4.78, 5) is 16.3. The maximum atomic E-state index is 11.7. The van der Waals surface area contributed by atoms with E-state index in [2.05, 4.69) is 20.9 Å². The van der Waals surface area contributed by atoms with Crippen molar-refractivity contribution in [3.05, 3.63) is 52.5 Å². The Morgan fingerprint density at radius 2 is 1.83 bits per heavy atom. The van der Waals surface area contributed by atoms with Crippen molar-refractivity contribution in [2.75, 3.05) is 13.2 Å². The lowest BCUT2D eigenvalue weighted by Crippen LogP contribution is -2.15. The lowest BCUT2D eigenvalue weighted by molar-refractivity contribution is 0.0699. The molecular weight excluding hydrogens is 374 g/mol. The molecule has 24 heavy (non-hydrogen) atoms. The predicted molar refractivity (Wildman–Crippen MR) is 92.8 cm³/mol. The minimum Gasteiger partial charge on any atom is -0.486 e. The summed E-state index contributed by atoms with van der Waals surface area (Å²) in [6, 6.07) is 12.5. The number of carboxylic acid groups (broad SMARTS) is 1. The maximum absolute atomic E-state index is 11.7. The van der Waals surface area contributed by atoms with Crippen molar-refractivity contribution in [3.63, 3.8) is 0 Å². The van der Waals surface area contributed by atoms with Gasteiger partial charge < -0.3 is 14.6 Å². The number of benzene rings is 2. The second-order valence-corrected chi connectivity index (χ2v) is 6.30. The molecule has 0 fully saturated rings. The summed E-state index contributed by atoms with van der Waals surface area (Å²) in [6.07, 6.45) is 0. The molecule has 0 bridgehead atoms. The van der Waals surface area contributed by atoms with E-state index in [1.54, 1.807) is 18.2 Å². The number of pyridine rings is 1. The third kappa shape index (κ3) is 2.59. The summed E-state index contributed by atoms with van der Waals surface area (Å²) in [7, 11) is 0. The van der Waals surface area contributed by atoms with Gasteiger partial charge in [0.15, 0.2) is 11.5 Å². The first-order chi connectivity index (χ1) is 11.6. The molecule has 0 radical (unpaired) electrons. The van der Waals surface area contributed by atoms with Crippen molar-refractivity contribution in [2.24, 2.45) is 0 Å². The fourth-order valence-electron chi connectivity index (χ4n) is 2.73. The zero-order chi connectivity index (χ0) is 16.7. The summed E-state index contributed by atoms with van der Waals surface area (Å²) < 4.78 is 11.9. The monoisotopic (exact) mass is 385 g/mol. The summed E-state index contributed by atoms with van der Waals surface area (Å²) in [5, 5.41) is 10.1. The number of carboxylic acids is 1. The van der Waals surface area contributed by atoms with Crippen LogP contribution in [0.1, 0.15) is 10.4 Å². The van der Waals surface area contributed by atoms with Crippen molar-refractivity contribution < 1.29 is 19.4 Å². The van der Waals surface area contributed by atoms with Crippen LogP contribution in [0.4, 0.5) is 0 Å². The van der Waals surface area contributed by atoms with Crippen LogP contribution < -0.4 is 9.47 Å². The Morgan fingerprint density at radius 1 is 1.04 bits per heavy atom. The summed E-state index contributed by atoms with van der Waals surface area (Å²) in [5.41, 5.74) is 2.21. The molecule has 2 heterocycles. The molecule has 2 aromatic carbocycles. The van der Waals surface area contributed by atoms with Crippen LogP contribution in [0.5, 0.6) is 11.5 Å². The third-order valence-electron chi connectivity index (χ3n) is 3.84. The van der Waals surface area contributed by atoms with Crippen LogP contribution in [-0.2, 0) is 0 Å². The number of fused-ring (bicyclic) bond motifs is 2. The second kappa shape index (κ2) is 5.79. The van der Waals surface area contributed by atoms with Crippen LogP contribution in [-0.4, -0.2) is 29.3 Å². The number of aromatic carboxylic acids is 1. The molecule has 120 valence electrons.